The smallest absolute Gasteiger partial charge is 0.339 e. The topological polar surface area (TPSA) is 127 Å². The van der Waals surface area contributed by atoms with Gasteiger partial charge in [0.05, 0.1) is 28.8 Å². The third kappa shape index (κ3) is 3.79. The molecule has 1 amide bonds. The third-order valence-corrected chi connectivity index (χ3v) is 3.99. The van der Waals surface area contributed by atoms with Gasteiger partial charge in [-0.1, -0.05) is 6.07 Å². The van der Waals surface area contributed by atoms with E-state index < -0.39 is 5.97 Å². The summed E-state index contributed by atoms with van der Waals surface area (Å²) >= 11 is 0. The molecule has 1 aromatic carbocycles. The number of aryl methyl sites for hydroxylation is 1. The molecule has 3 rings (SSSR count). The zero-order valence-electron chi connectivity index (χ0n) is 14.6. The van der Waals surface area contributed by atoms with Crippen LogP contribution in [0.4, 0.5) is 5.69 Å². The Morgan fingerprint density at radius 2 is 1.96 bits per heavy atom. The molecule has 0 bridgehead atoms. The van der Waals surface area contributed by atoms with E-state index in [4.69, 9.17) is 10.5 Å². The van der Waals surface area contributed by atoms with E-state index in [9.17, 15) is 14.7 Å². The number of carbonyl (C=O) groups is 2. The van der Waals surface area contributed by atoms with Gasteiger partial charge >= 0.3 is 5.97 Å². The molecular weight excluding hydrogens is 348 g/mol. The lowest BCUT2D eigenvalue weighted by Gasteiger charge is -2.14. The second-order valence-electron chi connectivity index (χ2n) is 5.78. The number of carbonyl (C=O) groups excluding carboxylic acids is 1. The standard InChI is InChI=1S/C19H18N4O4/c1-11-15(19(25)26)17(20)16-13(23-11)3-2-4-14(16)27-10-9-22-18(24)12-5-7-21-8-6-12/h2-8H,9-10H2,1H3,(H2,20,23)(H,22,24)(H,25,26). The number of hydrogen-bond donors (Lipinski definition) is 3. The van der Waals surface area contributed by atoms with Crippen LogP contribution >= 0.6 is 0 Å². The van der Waals surface area contributed by atoms with Gasteiger partial charge in [-0.05, 0) is 31.2 Å². The molecule has 8 heteroatoms. The Hall–Kier alpha value is -3.68. The number of fused-ring (bicyclic) bond motifs is 1. The first-order valence-electron chi connectivity index (χ1n) is 8.22. The summed E-state index contributed by atoms with van der Waals surface area (Å²) in [6.07, 6.45) is 3.08. The summed E-state index contributed by atoms with van der Waals surface area (Å²) in [5, 5.41) is 12.6. The highest BCUT2D eigenvalue weighted by Crippen LogP contribution is 2.33. The normalized spacial score (nSPS) is 10.6. The van der Waals surface area contributed by atoms with Crippen molar-refractivity contribution in [2.45, 2.75) is 6.92 Å². The van der Waals surface area contributed by atoms with E-state index in [2.05, 4.69) is 15.3 Å². The molecule has 0 radical (unpaired) electrons. The predicted octanol–water partition coefficient (Wildman–Crippen LogP) is 2.03. The SMILES string of the molecule is Cc1nc2cccc(OCCNC(=O)c3ccncc3)c2c(N)c1C(=O)O. The van der Waals surface area contributed by atoms with E-state index in [1.54, 1.807) is 49.6 Å². The van der Waals surface area contributed by atoms with Crippen LogP contribution in [0.15, 0.2) is 42.7 Å². The summed E-state index contributed by atoms with van der Waals surface area (Å²) in [6.45, 7) is 2.05. The highest BCUT2D eigenvalue weighted by molar-refractivity contribution is 6.06. The summed E-state index contributed by atoms with van der Waals surface area (Å²) in [7, 11) is 0. The minimum Gasteiger partial charge on any atom is -0.491 e. The van der Waals surface area contributed by atoms with Gasteiger partial charge in [-0.3, -0.25) is 14.8 Å². The molecule has 0 fully saturated rings. The maximum Gasteiger partial charge on any atom is 0.339 e. The fraction of sp³-hybridized carbons (Fsp3) is 0.158. The summed E-state index contributed by atoms with van der Waals surface area (Å²) in [5.74, 6) is -0.958. The number of nitrogens with one attached hydrogen (secondary N) is 1. The first kappa shape index (κ1) is 18.1. The number of ether oxygens (including phenoxy) is 1. The number of carboxylic acid groups (broad SMARTS) is 1. The van der Waals surface area contributed by atoms with Gasteiger partial charge in [-0.25, -0.2) is 4.79 Å². The Kier molecular flexibility index (Phi) is 5.16. The number of amides is 1. The van der Waals surface area contributed by atoms with Crippen LogP contribution in [0.5, 0.6) is 5.75 Å². The van der Waals surface area contributed by atoms with Crippen molar-refractivity contribution >= 4 is 28.5 Å². The molecule has 0 saturated heterocycles. The molecule has 0 unspecified atom stereocenters. The van der Waals surface area contributed by atoms with E-state index in [1.807, 2.05) is 0 Å². The first-order chi connectivity index (χ1) is 13.0. The lowest BCUT2D eigenvalue weighted by atomic mass is 10.1. The van der Waals surface area contributed by atoms with Gasteiger partial charge in [0.15, 0.2) is 0 Å². The van der Waals surface area contributed by atoms with Crippen molar-refractivity contribution in [1.82, 2.24) is 15.3 Å². The molecule has 2 aromatic heterocycles. The van der Waals surface area contributed by atoms with Gasteiger partial charge < -0.3 is 20.9 Å². The van der Waals surface area contributed by atoms with Crippen molar-refractivity contribution in [2.75, 3.05) is 18.9 Å². The Balaban J connectivity index is 1.74. The van der Waals surface area contributed by atoms with E-state index in [0.29, 0.717) is 27.9 Å². The fourth-order valence-corrected chi connectivity index (χ4v) is 2.76. The molecule has 2 heterocycles. The molecular formula is C19H18N4O4. The molecule has 138 valence electrons. The van der Waals surface area contributed by atoms with Crippen molar-refractivity contribution in [1.29, 1.82) is 0 Å². The molecule has 27 heavy (non-hydrogen) atoms. The summed E-state index contributed by atoms with van der Waals surface area (Å²) in [6, 6.07) is 8.40. The Morgan fingerprint density at radius 3 is 2.67 bits per heavy atom. The third-order valence-electron chi connectivity index (χ3n) is 3.99. The predicted molar refractivity (Wildman–Crippen MR) is 99.9 cm³/mol. The van der Waals surface area contributed by atoms with Crippen LogP contribution in [0.3, 0.4) is 0 Å². The fourth-order valence-electron chi connectivity index (χ4n) is 2.76. The van der Waals surface area contributed by atoms with Gasteiger partial charge in [-0.2, -0.15) is 0 Å². The van der Waals surface area contributed by atoms with Crippen molar-refractivity contribution in [3.63, 3.8) is 0 Å². The lowest BCUT2D eigenvalue weighted by Crippen LogP contribution is -2.28. The number of aromatic carboxylic acids is 1. The summed E-state index contributed by atoms with van der Waals surface area (Å²) in [5.41, 5.74) is 7.54. The lowest BCUT2D eigenvalue weighted by molar-refractivity contribution is 0.0696. The van der Waals surface area contributed by atoms with Crippen LogP contribution in [-0.2, 0) is 0 Å². The highest BCUT2D eigenvalue weighted by Gasteiger charge is 2.18. The molecule has 8 nitrogen and oxygen atoms in total. The second-order valence-corrected chi connectivity index (χ2v) is 5.78. The van der Waals surface area contributed by atoms with Crippen LogP contribution in [0.25, 0.3) is 10.9 Å². The van der Waals surface area contributed by atoms with Gasteiger partial charge in [0.2, 0.25) is 0 Å². The number of pyridine rings is 2. The van der Waals surface area contributed by atoms with Crippen molar-refractivity contribution in [2.24, 2.45) is 0 Å². The van der Waals surface area contributed by atoms with Gasteiger partial charge in [0, 0.05) is 18.0 Å². The molecule has 0 spiro atoms. The molecule has 4 N–H and O–H groups in total. The molecule has 3 aromatic rings. The first-order valence-corrected chi connectivity index (χ1v) is 8.22. The minimum atomic E-state index is -1.14. The average molecular weight is 366 g/mol. The van der Waals surface area contributed by atoms with E-state index in [0.717, 1.165) is 0 Å². The maximum absolute atomic E-state index is 12.0. The minimum absolute atomic E-state index is 0.0375. The number of nitrogens with zero attached hydrogens (tertiary/aromatic N) is 2. The van der Waals surface area contributed by atoms with Crippen LogP contribution in [0.2, 0.25) is 0 Å². The van der Waals surface area contributed by atoms with Gasteiger partial charge in [-0.15, -0.1) is 0 Å². The maximum atomic E-state index is 12.0. The van der Waals surface area contributed by atoms with Crippen LogP contribution in [0.1, 0.15) is 26.4 Å². The van der Waals surface area contributed by atoms with Crippen LogP contribution < -0.4 is 15.8 Å². The van der Waals surface area contributed by atoms with Crippen molar-refractivity contribution < 1.29 is 19.4 Å². The summed E-state index contributed by atoms with van der Waals surface area (Å²) in [4.78, 5) is 31.6. The Bertz CT molecular complexity index is 1010. The summed E-state index contributed by atoms with van der Waals surface area (Å²) < 4.78 is 5.72. The van der Waals surface area contributed by atoms with E-state index >= 15 is 0 Å². The highest BCUT2D eigenvalue weighted by atomic mass is 16.5. The van der Waals surface area contributed by atoms with Crippen molar-refractivity contribution in [3.8, 4) is 5.75 Å². The van der Waals surface area contributed by atoms with Crippen LogP contribution in [0, 0.1) is 6.92 Å². The molecule has 0 aliphatic carbocycles. The number of benzene rings is 1. The van der Waals surface area contributed by atoms with Gasteiger partial charge in [0.25, 0.3) is 5.91 Å². The second kappa shape index (κ2) is 7.69. The number of rotatable bonds is 6. The number of anilines is 1. The molecule has 0 aliphatic heterocycles. The van der Waals surface area contributed by atoms with Crippen molar-refractivity contribution in [3.05, 3.63) is 59.5 Å². The quantitative estimate of drug-likeness (QED) is 0.570. The number of hydrogen-bond acceptors (Lipinski definition) is 6. The number of nitrogen functional groups attached to an aromatic ring is 1. The average Bonchev–Trinajstić information content (AvgIpc) is 2.65. The monoisotopic (exact) mass is 366 g/mol. The van der Waals surface area contributed by atoms with Crippen LogP contribution in [-0.4, -0.2) is 40.1 Å². The molecule has 0 atom stereocenters. The zero-order valence-corrected chi connectivity index (χ0v) is 14.6. The molecule has 0 aliphatic rings. The Labute approximate surface area is 155 Å². The number of nitrogens with two attached hydrogens (primary N) is 1. The molecule has 0 saturated carbocycles. The zero-order chi connectivity index (χ0) is 19.4. The Morgan fingerprint density at radius 1 is 1.22 bits per heavy atom. The van der Waals surface area contributed by atoms with E-state index in [-0.39, 0.29) is 30.3 Å². The number of aromatic nitrogens is 2. The van der Waals surface area contributed by atoms with E-state index in [1.165, 1.54) is 0 Å². The van der Waals surface area contributed by atoms with Gasteiger partial charge in [0.1, 0.15) is 17.9 Å². The number of carboxylic acids is 1. The largest absolute Gasteiger partial charge is 0.491 e.